The molecule has 0 spiro atoms. The predicted molar refractivity (Wildman–Crippen MR) is 102 cm³/mol. The SMILES string of the molecule is CC(C)CC(NC(Cc1ccc(Oc2ccccc2)cc1)C(=O)O)C(=O)O. The van der Waals surface area contributed by atoms with Crippen LogP contribution in [0.5, 0.6) is 11.5 Å². The molecule has 27 heavy (non-hydrogen) atoms. The first-order valence-corrected chi connectivity index (χ1v) is 8.88. The Morgan fingerprint density at radius 3 is 1.96 bits per heavy atom. The summed E-state index contributed by atoms with van der Waals surface area (Å²) >= 11 is 0. The molecular formula is C21H25NO5. The standard InChI is InChI=1S/C21H25NO5/c1-14(2)12-18(20(23)24)22-19(21(25)26)13-15-8-10-17(11-9-15)27-16-6-4-3-5-7-16/h3-11,14,18-19,22H,12-13H2,1-2H3,(H,23,24)(H,25,26). The number of benzene rings is 2. The van der Waals surface area contributed by atoms with E-state index in [1.165, 1.54) is 0 Å². The number of carboxylic acids is 2. The first-order chi connectivity index (χ1) is 12.8. The average Bonchev–Trinajstić information content (AvgIpc) is 2.62. The van der Waals surface area contributed by atoms with Crippen LogP contribution in [0.4, 0.5) is 0 Å². The van der Waals surface area contributed by atoms with Crippen molar-refractivity contribution in [1.29, 1.82) is 0 Å². The van der Waals surface area contributed by atoms with Crippen LogP contribution in [0.1, 0.15) is 25.8 Å². The van der Waals surface area contributed by atoms with Gasteiger partial charge in [0.1, 0.15) is 23.6 Å². The molecule has 0 heterocycles. The van der Waals surface area contributed by atoms with Gasteiger partial charge >= 0.3 is 11.9 Å². The molecule has 144 valence electrons. The number of ether oxygens (including phenoxy) is 1. The van der Waals surface area contributed by atoms with E-state index in [0.29, 0.717) is 17.9 Å². The summed E-state index contributed by atoms with van der Waals surface area (Å²) in [5.74, 6) is -0.611. The van der Waals surface area contributed by atoms with Gasteiger partial charge in [0.05, 0.1) is 0 Å². The molecule has 0 aliphatic heterocycles. The van der Waals surface area contributed by atoms with Crippen molar-refractivity contribution >= 4 is 11.9 Å². The highest BCUT2D eigenvalue weighted by atomic mass is 16.5. The lowest BCUT2D eigenvalue weighted by Gasteiger charge is -2.21. The van der Waals surface area contributed by atoms with Crippen molar-refractivity contribution in [1.82, 2.24) is 5.32 Å². The van der Waals surface area contributed by atoms with Crippen LogP contribution in [-0.2, 0) is 16.0 Å². The molecule has 6 heteroatoms. The summed E-state index contributed by atoms with van der Waals surface area (Å²) < 4.78 is 5.72. The molecule has 2 unspecified atom stereocenters. The molecule has 0 bridgehead atoms. The van der Waals surface area contributed by atoms with Crippen molar-refractivity contribution in [2.75, 3.05) is 0 Å². The fourth-order valence-corrected chi connectivity index (χ4v) is 2.73. The van der Waals surface area contributed by atoms with Gasteiger partial charge in [-0.05, 0) is 48.6 Å². The van der Waals surface area contributed by atoms with Crippen LogP contribution >= 0.6 is 0 Å². The molecule has 0 aromatic heterocycles. The third kappa shape index (κ3) is 6.75. The molecule has 2 aromatic rings. The van der Waals surface area contributed by atoms with Crippen molar-refractivity contribution in [2.45, 2.75) is 38.8 Å². The fraction of sp³-hybridized carbons (Fsp3) is 0.333. The first-order valence-electron chi connectivity index (χ1n) is 8.88. The third-order valence-electron chi connectivity index (χ3n) is 4.05. The van der Waals surface area contributed by atoms with Gasteiger partial charge in [-0.3, -0.25) is 14.9 Å². The lowest BCUT2D eigenvalue weighted by Crippen LogP contribution is -2.48. The highest BCUT2D eigenvalue weighted by Crippen LogP contribution is 2.21. The van der Waals surface area contributed by atoms with Crippen molar-refractivity contribution in [3.63, 3.8) is 0 Å². The van der Waals surface area contributed by atoms with Crippen LogP contribution in [0.2, 0.25) is 0 Å². The second-order valence-electron chi connectivity index (χ2n) is 6.84. The largest absolute Gasteiger partial charge is 0.480 e. The number of hydrogen-bond acceptors (Lipinski definition) is 4. The molecule has 2 atom stereocenters. The molecule has 3 N–H and O–H groups in total. The zero-order valence-electron chi connectivity index (χ0n) is 15.5. The van der Waals surface area contributed by atoms with Crippen LogP contribution in [0.15, 0.2) is 54.6 Å². The van der Waals surface area contributed by atoms with Crippen molar-refractivity contribution in [2.24, 2.45) is 5.92 Å². The molecule has 0 aliphatic rings. The summed E-state index contributed by atoms with van der Waals surface area (Å²) in [5, 5.41) is 21.5. The van der Waals surface area contributed by atoms with Crippen molar-refractivity contribution < 1.29 is 24.5 Å². The molecule has 2 aromatic carbocycles. The second-order valence-corrected chi connectivity index (χ2v) is 6.84. The van der Waals surface area contributed by atoms with Gasteiger partial charge in [0.2, 0.25) is 0 Å². The van der Waals surface area contributed by atoms with Gasteiger partial charge in [-0.1, -0.05) is 44.2 Å². The number of para-hydroxylation sites is 1. The van der Waals surface area contributed by atoms with Gasteiger partial charge in [-0.15, -0.1) is 0 Å². The predicted octanol–water partition coefficient (Wildman–Crippen LogP) is 3.56. The van der Waals surface area contributed by atoms with E-state index < -0.39 is 24.0 Å². The minimum atomic E-state index is -1.07. The molecule has 6 nitrogen and oxygen atoms in total. The molecule has 0 saturated heterocycles. The van der Waals surface area contributed by atoms with Gasteiger partial charge in [0.25, 0.3) is 0 Å². The molecular weight excluding hydrogens is 346 g/mol. The molecule has 0 aliphatic carbocycles. The zero-order chi connectivity index (χ0) is 19.8. The maximum absolute atomic E-state index is 11.6. The van der Waals surface area contributed by atoms with Crippen LogP contribution in [0.25, 0.3) is 0 Å². The van der Waals surface area contributed by atoms with Crippen LogP contribution < -0.4 is 10.1 Å². The number of hydrogen-bond donors (Lipinski definition) is 3. The minimum absolute atomic E-state index is 0.141. The van der Waals surface area contributed by atoms with Crippen LogP contribution in [-0.4, -0.2) is 34.2 Å². The van der Waals surface area contributed by atoms with E-state index in [4.69, 9.17) is 4.74 Å². The monoisotopic (exact) mass is 371 g/mol. The second kappa shape index (κ2) is 9.73. The van der Waals surface area contributed by atoms with E-state index in [1.807, 2.05) is 44.2 Å². The van der Waals surface area contributed by atoms with Gasteiger partial charge in [0.15, 0.2) is 0 Å². The van der Waals surface area contributed by atoms with E-state index in [-0.39, 0.29) is 12.3 Å². The van der Waals surface area contributed by atoms with Gasteiger partial charge in [-0.25, -0.2) is 0 Å². The topological polar surface area (TPSA) is 95.9 Å². The van der Waals surface area contributed by atoms with E-state index in [9.17, 15) is 19.8 Å². The minimum Gasteiger partial charge on any atom is -0.480 e. The molecule has 0 fully saturated rings. The Morgan fingerprint density at radius 2 is 1.44 bits per heavy atom. The van der Waals surface area contributed by atoms with E-state index in [2.05, 4.69) is 5.32 Å². The Hall–Kier alpha value is -2.86. The van der Waals surface area contributed by atoms with E-state index >= 15 is 0 Å². The lowest BCUT2D eigenvalue weighted by atomic mass is 10.0. The normalized spacial score (nSPS) is 13.1. The van der Waals surface area contributed by atoms with Crippen molar-refractivity contribution in [3.8, 4) is 11.5 Å². The van der Waals surface area contributed by atoms with Gasteiger partial charge in [0, 0.05) is 0 Å². The summed E-state index contributed by atoms with van der Waals surface area (Å²) in [6, 6.07) is 14.6. The van der Waals surface area contributed by atoms with Crippen LogP contribution in [0.3, 0.4) is 0 Å². The Kier molecular flexibility index (Phi) is 7.37. The number of nitrogens with one attached hydrogen (secondary N) is 1. The Balaban J connectivity index is 2.03. The lowest BCUT2D eigenvalue weighted by molar-refractivity contribution is -0.142. The molecule has 2 rings (SSSR count). The number of carboxylic acid groups (broad SMARTS) is 2. The summed E-state index contributed by atoms with van der Waals surface area (Å²) in [4.78, 5) is 23.0. The molecule has 0 amide bonds. The maximum Gasteiger partial charge on any atom is 0.321 e. The zero-order valence-corrected chi connectivity index (χ0v) is 15.5. The van der Waals surface area contributed by atoms with Gasteiger partial charge < -0.3 is 14.9 Å². The van der Waals surface area contributed by atoms with Crippen LogP contribution in [0, 0.1) is 5.92 Å². The molecule has 0 saturated carbocycles. The van der Waals surface area contributed by atoms with Gasteiger partial charge in [-0.2, -0.15) is 0 Å². The number of rotatable bonds is 10. The van der Waals surface area contributed by atoms with E-state index in [1.54, 1.807) is 24.3 Å². The highest BCUT2D eigenvalue weighted by Gasteiger charge is 2.26. The Bertz CT molecular complexity index is 743. The highest BCUT2D eigenvalue weighted by molar-refractivity contribution is 5.77. The summed E-state index contributed by atoms with van der Waals surface area (Å²) in [5.41, 5.74) is 0.781. The summed E-state index contributed by atoms with van der Waals surface area (Å²) in [7, 11) is 0. The number of aliphatic carboxylic acids is 2. The number of carbonyl (C=O) groups is 2. The summed E-state index contributed by atoms with van der Waals surface area (Å²) in [6.45, 7) is 3.80. The fourth-order valence-electron chi connectivity index (χ4n) is 2.73. The average molecular weight is 371 g/mol. The Labute approximate surface area is 158 Å². The Morgan fingerprint density at radius 1 is 0.889 bits per heavy atom. The van der Waals surface area contributed by atoms with E-state index in [0.717, 1.165) is 5.56 Å². The molecule has 0 radical (unpaired) electrons. The maximum atomic E-state index is 11.6. The smallest absolute Gasteiger partial charge is 0.321 e. The first kappa shape index (κ1) is 20.5. The van der Waals surface area contributed by atoms with Crippen molar-refractivity contribution in [3.05, 3.63) is 60.2 Å². The summed E-state index contributed by atoms with van der Waals surface area (Å²) in [6.07, 6.45) is 0.547. The third-order valence-corrected chi connectivity index (χ3v) is 4.05. The quantitative estimate of drug-likeness (QED) is 0.591.